The third-order valence-electron chi connectivity index (χ3n) is 4.20. The van der Waals surface area contributed by atoms with Gasteiger partial charge in [0, 0.05) is 19.1 Å². The Hall–Kier alpha value is -1.47. The number of rotatable bonds is 2. The molecule has 4 N–H and O–H groups in total. The molecule has 2 atom stereocenters. The Morgan fingerprint density at radius 1 is 1.50 bits per heavy atom. The maximum atomic E-state index is 11.4. The highest BCUT2D eigenvalue weighted by Gasteiger charge is 2.43. The minimum absolute atomic E-state index is 0.327. The third kappa shape index (κ3) is 1.79. The zero-order chi connectivity index (χ0) is 12.8. The summed E-state index contributed by atoms with van der Waals surface area (Å²) in [7, 11) is 0. The summed E-state index contributed by atoms with van der Waals surface area (Å²) in [5, 5.41) is 8.01. The van der Waals surface area contributed by atoms with Crippen LogP contribution in [-0.4, -0.2) is 43.7 Å². The molecule has 0 bridgehead atoms. The Kier molecular flexibility index (Phi) is 2.60. The lowest BCUT2D eigenvalue weighted by Crippen LogP contribution is -2.51. The van der Waals surface area contributed by atoms with Crippen LogP contribution in [0.15, 0.2) is 6.33 Å². The number of nitrogens with zero attached hydrogens (tertiary/aromatic N) is 4. The molecular formula is C11H18N6O. The fourth-order valence-corrected chi connectivity index (χ4v) is 2.98. The van der Waals surface area contributed by atoms with Gasteiger partial charge in [-0.3, -0.25) is 9.69 Å². The molecule has 1 amide bonds. The van der Waals surface area contributed by atoms with Crippen molar-refractivity contribution < 1.29 is 4.79 Å². The third-order valence-corrected chi connectivity index (χ3v) is 4.20. The van der Waals surface area contributed by atoms with E-state index in [4.69, 9.17) is 11.5 Å². The highest BCUT2D eigenvalue weighted by molar-refractivity contribution is 5.84. The second-order valence-corrected chi connectivity index (χ2v) is 5.33. The van der Waals surface area contributed by atoms with Gasteiger partial charge in [-0.15, -0.1) is 10.2 Å². The number of carbonyl (C=O) groups excluding carboxylic acids is 1. The van der Waals surface area contributed by atoms with Crippen molar-refractivity contribution in [3.05, 3.63) is 12.2 Å². The van der Waals surface area contributed by atoms with Crippen LogP contribution in [0.25, 0.3) is 0 Å². The molecule has 1 aliphatic heterocycles. The van der Waals surface area contributed by atoms with E-state index in [0.29, 0.717) is 18.9 Å². The van der Waals surface area contributed by atoms with Gasteiger partial charge in [-0.25, -0.2) is 0 Å². The molecule has 18 heavy (non-hydrogen) atoms. The smallest absolute Gasteiger partial charge is 0.237 e. The van der Waals surface area contributed by atoms with E-state index in [-0.39, 0.29) is 5.91 Å². The predicted molar refractivity (Wildman–Crippen MR) is 64.2 cm³/mol. The van der Waals surface area contributed by atoms with Crippen LogP contribution >= 0.6 is 0 Å². The van der Waals surface area contributed by atoms with Crippen molar-refractivity contribution in [3.63, 3.8) is 0 Å². The van der Waals surface area contributed by atoms with E-state index in [0.717, 1.165) is 31.9 Å². The van der Waals surface area contributed by atoms with E-state index in [9.17, 15) is 4.79 Å². The van der Waals surface area contributed by atoms with E-state index in [1.54, 1.807) is 6.33 Å². The average molecular weight is 250 g/mol. The summed E-state index contributed by atoms with van der Waals surface area (Å²) in [6.45, 7) is 2.62. The molecule has 2 aliphatic rings. The number of aromatic nitrogens is 3. The zero-order valence-electron chi connectivity index (χ0n) is 10.2. The summed E-state index contributed by atoms with van der Waals surface area (Å²) in [6, 6.07) is 0.327. The summed E-state index contributed by atoms with van der Waals surface area (Å²) in [4.78, 5) is 13.7. The topological polar surface area (TPSA) is 103 Å². The van der Waals surface area contributed by atoms with Crippen LogP contribution in [0.2, 0.25) is 0 Å². The minimum Gasteiger partial charge on any atom is -0.368 e. The lowest BCUT2D eigenvalue weighted by atomic mass is 9.98. The lowest BCUT2D eigenvalue weighted by molar-refractivity contribution is -0.123. The normalized spacial score (nSPS) is 32.4. The number of amides is 1. The van der Waals surface area contributed by atoms with Gasteiger partial charge in [0.25, 0.3) is 0 Å². The van der Waals surface area contributed by atoms with E-state index in [1.807, 2.05) is 0 Å². The molecule has 98 valence electrons. The van der Waals surface area contributed by atoms with Gasteiger partial charge in [0.2, 0.25) is 5.91 Å². The predicted octanol–water partition coefficient (Wildman–Crippen LogP) is -1.17. The SMILES string of the molecule is NC(=O)C1(N)CCC(N2CCn3cnnc3C2)C1. The van der Waals surface area contributed by atoms with E-state index in [1.165, 1.54) is 0 Å². The van der Waals surface area contributed by atoms with Crippen molar-refractivity contribution in [1.82, 2.24) is 19.7 Å². The first-order valence-electron chi connectivity index (χ1n) is 6.28. The molecule has 1 aromatic rings. The fraction of sp³-hybridized carbons (Fsp3) is 0.727. The van der Waals surface area contributed by atoms with Crippen molar-refractivity contribution in [2.75, 3.05) is 6.54 Å². The molecule has 1 aromatic heterocycles. The first-order valence-corrected chi connectivity index (χ1v) is 6.28. The standard InChI is InChI=1S/C11H18N6O/c12-10(18)11(13)2-1-8(5-11)16-3-4-17-7-14-15-9(17)6-16/h7-8H,1-6,13H2,(H2,12,18). The van der Waals surface area contributed by atoms with Gasteiger partial charge in [0.05, 0.1) is 12.1 Å². The summed E-state index contributed by atoms with van der Waals surface area (Å²) in [6.07, 6.45) is 4.01. The van der Waals surface area contributed by atoms with E-state index >= 15 is 0 Å². The first kappa shape index (κ1) is 11.6. The van der Waals surface area contributed by atoms with Crippen LogP contribution in [0.3, 0.4) is 0 Å². The Morgan fingerprint density at radius 2 is 2.33 bits per heavy atom. The van der Waals surface area contributed by atoms with Crippen molar-refractivity contribution >= 4 is 5.91 Å². The van der Waals surface area contributed by atoms with Gasteiger partial charge in [-0.2, -0.15) is 0 Å². The molecule has 1 aliphatic carbocycles. The van der Waals surface area contributed by atoms with Gasteiger partial charge in [-0.05, 0) is 19.3 Å². The van der Waals surface area contributed by atoms with Crippen LogP contribution in [0, 0.1) is 0 Å². The number of hydrogen-bond donors (Lipinski definition) is 2. The Morgan fingerprint density at radius 3 is 3.06 bits per heavy atom. The Labute approximate surface area is 105 Å². The molecule has 2 unspecified atom stereocenters. The van der Waals surface area contributed by atoms with Crippen LogP contribution in [0.4, 0.5) is 0 Å². The molecule has 0 spiro atoms. The molecule has 3 rings (SSSR count). The van der Waals surface area contributed by atoms with Crippen LogP contribution in [-0.2, 0) is 17.9 Å². The number of hydrogen-bond acceptors (Lipinski definition) is 5. The molecule has 2 heterocycles. The van der Waals surface area contributed by atoms with Crippen molar-refractivity contribution in [2.45, 2.75) is 43.9 Å². The molecular weight excluding hydrogens is 232 g/mol. The van der Waals surface area contributed by atoms with Crippen molar-refractivity contribution in [2.24, 2.45) is 11.5 Å². The van der Waals surface area contributed by atoms with E-state index in [2.05, 4.69) is 19.7 Å². The molecule has 0 radical (unpaired) electrons. The van der Waals surface area contributed by atoms with Gasteiger partial charge < -0.3 is 16.0 Å². The van der Waals surface area contributed by atoms with Gasteiger partial charge >= 0.3 is 0 Å². The second kappa shape index (κ2) is 4.03. The monoisotopic (exact) mass is 250 g/mol. The first-order chi connectivity index (χ1) is 8.58. The van der Waals surface area contributed by atoms with E-state index < -0.39 is 5.54 Å². The van der Waals surface area contributed by atoms with Gasteiger partial charge in [0.1, 0.15) is 12.2 Å². The molecule has 0 saturated heterocycles. The maximum Gasteiger partial charge on any atom is 0.237 e. The Bertz CT molecular complexity index is 472. The average Bonchev–Trinajstić information content (AvgIpc) is 2.95. The summed E-state index contributed by atoms with van der Waals surface area (Å²) in [5.74, 6) is 0.597. The summed E-state index contributed by atoms with van der Waals surface area (Å²) < 4.78 is 2.06. The molecule has 1 fully saturated rings. The van der Waals surface area contributed by atoms with Crippen LogP contribution < -0.4 is 11.5 Å². The summed E-state index contributed by atoms with van der Waals surface area (Å²) >= 11 is 0. The minimum atomic E-state index is -0.824. The molecule has 1 saturated carbocycles. The number of carbonyl (C=O) groups is 1. The molecule has 0 aromatic carbocycles. The van der Waals surface area contributed by atoms with Gasteiger partial charge in [0.15, 0.2) is 0 Å². The lowest BCUT2D eigenvalue weighted by Gasteiger charge is -2.32. The maximum absolute atomic E-state index is 11.4. The summed E-state index contributed by atoms with van der Waals surface area (Å²) in [5.41, 5.74) is 10.6. The number of nitrogens with two attached hydrogens (primary N) is 2. The Balaban J connectivity index is 1.70. The highest BCUT2D eigenvalue weighted by Crippen LogP contribution is 2.32. The number of primary amides is 1. The fourth-order valence-electron chi connectivity index (χ4n) is 2.98. The second-order valence-electron chi connectivity index (χ2n) is 5.33. The van der Waals surface area contributed by atoms with Crippen molar-refractivity contribution in [1.29, 1.82) is 0 Å². The molecule has 7 heteroatoms. The van der Waals surface area contributed by atoms with Crippen molar-refractivity contribution in [3.8, 4) is 0 Å². The largest absolute Gasteiger partial charge is 0.368 e. The van der Waals surface area contributed by atoms with Crippen LogP contribution in [0.5, 0.6) is 0 Å². The zero-order valence-corrected chi connectivity index (χ0v) is 10.2. The molecule has 7 nitrogen and oxygen atoms in total. The van der Waals surface area contributed by atoms with Gasteiger partial charge in [-0.1, -0.05) is 0 Å². The number of fused-ring (bicyclic) bond motifs is 1. The quantitative estimate of drug-likeness (QED) is 0.688. The highest BCUT2D eigenvalue weighted by atomic mass is 16.1. The van der Waals surface area contributed by atoms with Crippen LogP contribution in [0.1, 0.15) is 25.1 Å².